The van der Waals surface area contributed by atoms with Gasteiger partial charge in [0.2, 0.25) is 17.6 Å². The number of rotatable bonds is 7. The zero-order chi connectivity index (χ0) is 21.6. The molecule has 4 rings (SSSR count). The lowest BCUT2D eigenvalue weighted by atomic mass is 10.1. The standard InChI is InChI=1S/C23H25FN4O3/c1-30-20-8-7-17(15-19(20)24)16-27-11-13-28(14-12-27)22(29)10-9-21-25-23(26-31-21)18-5-3-2-4-6-18/h2-8,15H,9-14,16H2,1H3/p+1. The molecule has 1 fully saturated rings. The van der Waals surface area contributed by atoms with Crippen LogP contribution >= 0.6 is 0 Å². The fourth-order valence-electron chi connectivity index (χ4n) is 3.79. The summed E-state index contributed by atoms with van der Waals surface area (Å²) in [5.41, 5.74) is 1.82. The van der Waals surface area contributed by atoms with E-state index in [9.17, 15) is 9.18 Å². The Morgan fingerprint density at radius 2 is 1.97 bits per heavy atom. The van der Waals surface area contributed by atoms with Gasteiger partial charge in [-0.05, 0) is 18.2 Å². The number of methoxy groups -OCH3 is 1. The second-order valence-corrected chi connectivity index (χ2v) is 7.65. The summed E-state index contributed by atoms with van der Waals surface area (Å²) in [6, 6.07) is 14.7. The predicted molar refractivity (Wildman–Crippen MR) is 112 cm³/mol. The fraction of sp³-hybridized carbons (Fsp3) is 0.348. The van der Waals surface area contributed by atoms with Crippen molar-refractivity contribution in [3.63, 3.8) is 0 Å². The van der Waals surface area contributed by atoms with Gasteiger partial charge in [0.25, 0.3) is 0 Å². The zero-order valence-electron chi connectivity index (χ0n) is 17.5. The number of benzene rings is 2. The SMILES string of the molecule is COc1ccc(C[NH+]2CCN(C(=O)CCc3nc(-c4ccccc4)no3)CC2)cc1F. The number of carbonyl (C=O) groups excluding carboxylic acids is 1. The lowest BCUT2D eigenvalue weighted by Gasteiger charge is -2.32. The van der Waals surface area contributed by atoms with E-state index in [-0.39, 0.29) is 17.5 Å². The molecule has 1 aliphatic heterocycles. The topological polar surface area (TPSA) is 72.9 Å². The van der Waals surface area contributed by atoms with Gasteiger partial charge >= 0.3 is 0 Å². The van der Waals surface area contributed by atoms with E-state index in [4.69, 9.17) is 9.26 Å². The molecule has 0 aliphatic carbocycles. The number of hydrogen-bond donors (Lipinski definition) is 1. The van der Waals surface area contributed by atoms with Crippen molar-refractivity contribution in [1.29, 1.82) is 0 Å². The summed E-state index contributed by atoms with van der Waals surface area (Å²) in [6.07, 6.45) is 0.770. The van der Waals surface area contributed by atoms with Crippen LogP contribution in [0.5, 0.6) is 5.75 Å². The molecular weight excluding hydrogens is 399 g/mol. The summed E-state index contributed by atoms with van der Waals surface area (Å²) < 4.78 is 24.1. The van der Waals surface area contributed by atoms with Gasteiger partial charge in [0.05, 0.1) is 33.3 Å². The molecule has 1 aromatic heterocycles. The molecule has 0 unspecified atom stereocenters. The van der Waals surface area contributed by atoms with Gasteiger partial charge in [-0.2, -0.15) is 4.98 Å². The minimum atomic E-state index is -0.343. The summed E-state index contributed by atoms with van der Waals surface area (Å²) in [7, 11) is 1.46. The molecule has 1 saturated heterocycles. The average molecular weight is 425 g/mol. The molecule has 0 spiro atoms. The maximum atomic E-state index is 13.9. The molecule has 3 aromatic rings. The highest BCUT2D eigenvalue weighted by Gasteiger charge is 2.24. The highest BCUT2D eigenvalue weighted by molar-refractivity contribution is 5.76. The van der Waals surface area contributed by atoms with Gasteiger partial charge in [-0.25, -0.2) is 4.39 Å². The number of quaternary nitrogens is 1. The number of aromatic nitrogens is 2. The summed E-state index contributed by atoms with van der Waals surface area (Å²) in [4.78, 5) is 20.2. The Balaban J connectivity index is 1.23. The van der Waals surface area contributed by atoms with E-state index >= 15 is 0 Å². The molecule has 2 heterocycles. The maximum Gasteiger partial charge on any atom is 0.227 e. The number of amides is 1. The number of hydrogen-bond acceptors (Lipinski definition) is 5. The van der Waals surface area contributed by atoms with E-state index in [0.29, 0.717) is 37.6 Å². The first kappa shape index (κ1) is 21.0. The van der Waals surface area contributed by atoms with Crippen molar-refractivity contribution in [3.8, 4) is 17.1 Å². The van der Waals surface area contributed by atoms with E-state index in [2.05, 4.69) is 10.1 Å². The van der Waals surface area contributed by atoms with E-state index in [1.165, 1.54) is 18.1 Å². The first-order chi connectivity index (χ1) is 15.1. The Morgan fingerprint density at radius 3 is 2.68 bits per heavy atom. The number of halogens is 1. The minimum Gasteiger partial charge on any atom is -0.494 e. The number of nitrogens with zero attached hydrogens (tertiary/aromatic N) is 3. The third-order valence-electron chi connectivity index (χ3n) is 5.55. The summed E-state index contributed by atoms with van der Waals surface area (Å²) >= 11 is 0. The molecule has 1 aliphatic rings. The van der Waals surface area contributed by atoms with Crippen LogP contribution in [-0.2, 0) is 17.8 Å². The number of carbonyl (C=O) groups is 1. The van der Waals surface area contributed by atoms with Crippen molar-refractivity contribution >= 4 is 5.91 Å². The zero-order valence-corrected chi connectivity index (χ0v) is 17.5. The quantitative estimate of drug-likeness (QED) is 0.624. The monoisotopic (exact) mass is 425 g/mol. The van der Waals surface area contributed by atoms with Gasteiger partial charge in [-0.15, -0.1) is 0 Å². The Kier molecular flexibility index (Phi) is 6.57. The van der Waals surface area contributed by atoms with Crippen LogP contribution in [0.4, 0.5) is 4.39 Å². The van der Waals surface area contributed by atoms with Crippen molar-refractivity contribution in [2.75, 3.05) is 33.3 Å². The number of piperazine rings is 1. The van der Waals surface area contributed by atoms with Crippen LogP contribution in [0, 0.1) is 5.82 Å². The van der Waals surface area contributed by atoms with Crippen molar-refractivity contribution < 1.29 is 23.3 Å². The van der Waals surface area contributed by atoms with Gasteiger partial charge in [0.15, 0.2) is 11.6 Å². The van der Waals surface area contributed by atoms with Gasteiger partial charge in [-0.1, -0.05) is 35.5 Å². The van der Waals surface area contributed by atoms with Crippen molar-refractivity contribution in [3.05, 3.63) is 65.8 Å². The van der Waals surface area contributed by atoms with E-state index in [1.807, 2.05) is 41.3 Å². The lowest BCUT2D eigenvalue weighted by molar-refractivity contribution is -0.917. The van der Waals surface area contributed by atoms with Gasteiger partial charge in [-0.3, -0.25) is 4.79 Å². The van der Waals surface area contributed by atoms with Crippen LogP contribution < -0.4 is 9.64 Å². The van der Waals surface area contributed by atoms with Gasteiger partial charge in [0.1, 0.15) is 6.54 Å². The molecular formula is C23H26FN4O3+. The number of aryl methyl sites for hydroxylation is 1. The molecule has 8 heteroatoms. The molecule has 1 amide bonds. The van der Waals surface area contributed by atoms with Crippen LogP contribution in [0.1, 0.15) is 17.9 Å². The molecule has 7 nitrogen and oxygen atoms in total. The van der Waals surface area contributed by atoms with Crippen molar-refractivity contribution in [1.82, 2.24) is 15.0 Å². The normalized spacial score (nSPS) is 14.6. The summed E-state index contributed by atoms with van der Waals surface area (Å²) in [5.74, 6) is 1.01. The van der Waals surface area contributed by atoms with Crippen molar-refractivity contribution in [2.24, 2.45) is 0 Å². The minimum absolute atomic E-state index is 0.0917. The van der Waals surface area contributed by atoms with Crippen LogP contribution in [0.2, 0.25) is 0 Å². The lowest BCUT2D eigenvalue weighted by Crippen LogP contribution is -3.13. The fourth-order valence-corrected chi connectivity index (χ4v) is 3.79. The molecule has 0 saturated carbocycles. The van der Waals surface area contributed by atoms with Crippen molar-refractivity contribution in [2.45, 2.75) is 19.4 Å². The molecule has 0 bridgehead atoms. The van der Waals surface area contributed by atoms with Crippen LogP contribution in [0.3, 0.4) is 0 Å². The summed E-state index contributed by atoms with van der Waals surface area (Å²) in [5, 5.41) is 3.99. The summed E-state index contributed by atoms with van der Waals surface area (Å²) in [6.45, 7) is 3.77. The molecule has 31 heavy (non-hydrogen) atoms. The Morgan fingerprint density at radius 1 is 1.19 bits per heavy atom. The third-order valence-corrected chi connectivity index (χ3v) is 5.55. The first-order valence-electron chi connectivity index (χ1n) is 10.4. The molecule has 2 aromatic carbocycles. The van der Waals surface area contributed by atoms with Gasteiger partial charge < -0.3 is 19.1 Å². The van der Waals surface area contributed by atoms with E-state index < -0.39 is 0 Å². The van der Waals surface area contributed by atoms with Crippen LogP contribution in [-0.4, -0.2) is 54.2 Å². The third kappa shape index (κ3) is 5.27. The maximum absolute atomic E-state index is 13.9. The Bertz CT molecular complexity index is 1020. The highest BCUT2D eigenvalue weighted by Crippen LogP contribution is 2.17. The van der Waals surface area contributed by atoms with Crippen LogP contribution in [0.25, 0.3) is 11.4 Å². The van der Waals surface area contributed by atoms with E-state index in [0.717, 1.165) is 30.8 Å². The number of ether oxygens (including phenoxy) is 1. The molecule has 162 valence electrons. The largest absolute Gasteiger partial charge is 0.494 e. The van der Waals surface area contributed by atoms with E-state index in [1.54, 1.807) is 6.07 Å². The second kappa shape index (κ2) is 9.70. The highest BCUT2D eigenvalue weighted by atomic mass is 19.1. The van der Waals surface area contributed by atoms with Gasteiger partial charge in [0, 0.05) is 24.0 Å². The molecule has 0 radical (unpaired) electrons. The predicted octanol–water partition coefficient (Wildman–Crippen LogP) is 1.74. The smallest absolute Gasteiger partial charge is 0.227 e. The second-order valence-electron chi connectivity index (χ2n) is 7.65. The number of nitrogens with one attached hydrogen (secondary N) is 1. The molecule has 1 N–H and O–H groups in total. The Hall–Kier alpha value is -3.26. The Labute approximate surface area is 180 Å². The van der Waals surface area contributed by atoms with Crippen LogP contribution in [0.15, 0.2) is 53.1 Å². The average Bonchev–Trinajstić information content (AvgIpc) is 3.28. The first-order valence-corrected chi connectivity index (χ1v) is 10.4. The molecule has 0 atom stereocenters.